The summed E-state index contributed by atoms with van der Waals surface area (Å²) in [7, 11) is 4.74. The molecule has 0 aliphatic heterocycles. The third-order valence-corrected chi connectivity index (χ3v) is 4.02. The Morgan fingerprint density at radius 1 is 0.893 bits per heavy atom. The topological polar surface area (TPSA) is 81.7 Å². The van der Waals surface area contributed by atoms with Crippen LogP contribution in [0.4, 0.5) is 17.2 Å². The van der Waals surface area contributed by atoms with Gasteiger partial charge in [0.25, 0.3) is 5.91 Å². The fraction of sp³-hybridized carbons (Fsp3) is 0.143. The van der Waals surface area contributed by atoms with E-state index in [1.165, 1.54) is 0 Å². The van der Waals surface area contributed by atoms with Gasteiger partial charge in [0.1, 0.15) is 23.1 Å². The molecule has 0 aliphatic carbocycles. The van der Waals surface area contributed by atoms with Gasteiger partial charge in [-0.15, -0.1) is 0 Å². The predicted octanol–water partition coefficient (Wildman–Crippen LogP) is 4.10. The third-order valence-electron chi connectivity index (χ3n) is 4.02. The van der Waals surface area contributed by atoms with Crippen LogP contribution < -0.4 is 24.8 Å². The Balaban J connectivity index is 1.77. The molecule has 1 amide bonds. The number of methoxy groups -OCH3 is 3. The zero-order chi connectivity index (χ0) is 19.9. The van der Waals surface area contributed by atoms with Crippen LogP contribution in [-0.2, 0) is 0 Å². The third kappa shape index (κ3) is 4.50. The van der Waals surface area contributed by atoms with Crippen LogP contribution in [-0.4, -0.2) is 32.2 Å². The maximum Gasteiger partial charge on any atom is 0.255 e. The molecule has 0 atom stereocenters. The fourth-order valence-corrected chi connectivity index (χ4v) is 2.58. The van der Waals surface area contributed by atoms with Gasteiger partial charge in [-0.2, -0.15) is 0 Å². The van der Waals surface area contributed by atoms with Crippen LogP contribution in [0.15, 0.2) is 60.8 Å². The summed E-state index contributed by atoms with van der Waals surface area (Å²) in [6, 6.07) is 15.9. The molecule has 0 aliphatic rings. The summed E-state index contributed by atoms with van der Waals surface area (Å²) in [6.45, 7) is 0. The van der Waals surface area contributed by atoms with Crippen LogP contribution in [0.1, 0.15) is 10.4 Å². The van der Waals surface area contributed by atoms with E-state index >= 15 is 0 Å². The fourth-order valence-electron chi connectivity index (χ4n) is 2.58. The number of ether oxygens (including phenoxy) is 3. The van der Waals surface area contributed by atoms with E-state index in [0.29, 0.717) is 40.0 Å². The van der Waals surface area contributed by atoms with Crippen LogP contribution in [0, 0.1) is 0 Å². The Morgan fingerprint density at radius 2 is 1.68 bits per heavy atom. The highest BCUT2D eigenvalue weighted by atomic mass is 16.5. The second-order valence-corrected chi connectivity index (χ2v) is 5.81. The van der Waals surface area contributed by atoms with E-state index < -0.39 is 0 Å². The number of nitrogens with one attached hydrogen (secondary N) is 2. The van der Waals surface area contributed by atoms with E-state index in [4.69, 9.17) is 14.2 Å². The number of nitrogens with zero attached hydrogens (tertiary/aromatic N) is 1. The summed E-state index contributed by atoms with van der Waals surface area (Å²) < 4.78 is 15.8. The Labute approximate surface area is 163 Å². The SMILES string of the molecule is COc1cccc(NC(=O)c2ccnc(Nc3ccc(OC)cc3OC)c2)c1. The minimum absolute atomic E-state index is 0.250. The van der Waals surface area contributed by atoms with Gasteiger partial charge in [0.05, 0.1) is 27.0 Å². The molecule has 1 heterocycles. The van der Waals surface area contributed by atoms with Gasteiger partial charge in [0.2, 0.25) is 0 Å². The maximum atomic E-state index is 12.6. The number of amides is 1. The second kappa shape index (κ2) is 8.77. The van der Waals surface area contributed by atoms with Crippen molar-refractivity contribution in [1.82, 2.24) is 4.98 Å². The average molecular weight is 379 g/mol. The van der Waals surface area contributed by atoms with Crippen LogP contribution in [0.3, 0.4) is 0 Å². The quantitative estimate of drug-likeness (QED) is 0.643. The minimum Gasteiger partial charge on any atom is -0.497 e. The van der Waals surface area contributed by atoms with Gasteiger partial charge < -0.3 is 24.8 Å². The molecular weight excluding hydrogens is 358 g/mol. The van der Waals surface area contributed by atoms with Gasteiger partial charge in [-0.3, -0.25) is 4.79 Å². The molecule has 0 radical (unpaired) electrons. The number of benzene rings is 2. The molecule has 0 spiro atoms. The first kappa shape index (κ1) is 19.0. The Hall–Kier alpha value is -3.74. The first-order valence-electron chi connectivity index (χ1n) is 8.53. The molecule has 0 saturated heterocycles. The zero-order valence-electron chi connectivity index (χ0n) is 15.9. The van der Waals surface area contributed by atoms with Gasteiger partial charge in [-0.1, -0.05) is 6.07 Å². The molecule has 0 bridgehead atoms. The molecule has 7 heteroatoms. The predicted molar refractivity (Wildman–Crippen MR) is 108 cm³/mol. The molecule has 144 valence electrons. The summed E-state index contributed by atoms with van der Waals surface area (Å²) >= 11 is 0. The number of anilines is 3. The van der Waals surface area contributed by atoms with Crippen molar-refractivity contribution in [2.75, 3.05) is 32.0 Å². The molecule has 0 saturated carbocycles. The van der Waals surface area contributed by atoms with Crippen LogP contribution in [0.5, 0.6) is 17.2 Å². The lowest BCUT2D eigenvalue weighted by atomic mass is 10.2. The molecular formula is C21H21N3O4. The van der Waals surface area contributed by atoms with Gasteiger partial charge in [0, 0.05) is 29.6 Å². The van der Waals surface area contributed by atoms with Crippen molar-refractivity contribution >= 4 is 23.1 Å². The van der Waals surface area contributed by atoms with Gasteiger partial charge in [-0.05, 0) is 36.4 Å². The lowest BCUT2D eigenvalue weighted by Crippen LogP contribution is -2.12. The molecule has 0 fully saturated rings. The summed E-state index contributed by atoms with van der Waals surface area (Å²) in [5.41, 5.74) is 1.82. The van der Waals surface area contributed by atoms with E-state index in [-0.39, 0.29) is 5.91 Å². The second-order valence-electron chi connectivity index (χ2n) is 5.81. The Kier molecular flexibility index (Phi) is 5.96. The van der Waals surface area contributed by atoms with Crippen LogP contribution in [0.25, 0.3) is 0 Å². The first-order valence-corrected chi connectivity index (χ1v) is 8.53. The van der Waals surface area contributed by atoms with Crippen molar-refractivity contribution < 1.29 is 19.0 Å². The van der Waals surface area contributed by atoms with Crippen LogP contribution in [0.2, 0.25) is 0 Å². The van der Waals surface area contributed by atoms with Crippen molar-refractivity contribution in [1.29, 1.82) is 0 Å². The first-order chi connectivity index (χ1) is 13.6. The average Bonchev–Trinajstić information content (AvgIpc) is 2.74. The number of aromatic nitrogens is 1. The largest absolute Gasteiger partial charge is 0.497 e. The highest BCUT2D eigenvalue weighted by molar-refractivity contribution is 6.04. The molecule has 0 unspecified atom stereocenters. The normalized spacial score (nSPS) is 10.1. The molecule has 28 heavy (non-hydrogen) atoms. The number of carbonyl (C=O) groups is 1. The lowest BCUT2D eigenvalue weighted by Gasteiger charge is -2.13. The Morgan fingerprint density at radius 3 is 2.43 bits per heavy atom. The molecule has 3 rings (SSSR count). The molecule has 2 aromatic carbocycles. The van der Waals surface area contributed by atoms with Crippen molar-refractivity contribution in [3.05, 3.63) is 66.4 Å². The maximum absolute atomic E-state index is 12.6. The monoisotopic (exact) mass is 379 g/mol. The van der Waals surface area contributed by atoms with Crippen molar-refractivity contribution in [2.45, 2.75) is 0 Å². The summed E-state index contributed by atoms with van der Waals surface area (Å²) in [5, 5.41) is 6.01. The van der Waals surface area contributed by atoms with Crippen LogP contribution >= 0.6 is 0 Å². The lowest BCUT2D eigenvalue weighted by molar-refractivity contribution is 0.102. The van der Waals surface area contributed by atoms with Gasteiger partial charge in [-0.25, -0.2) is 4.98 Å². The number of carbonyl (C=O) groups excluding carboxylic acids is 1. The van der Waals surface area contributed by atoms with Crippen molar-refractivity contribution in [3.63, 3.8) is 0 Å². The van der Waals surface area contributed by atoms with Gasteiger partial charge >= 0.3 is 0 Å². The highest BCUT2D eigenvalue weighted by Gasteiger charge is 2.10. The number of rotatable bonds is 7. The van der Waals surface area contributed by atoms with E-state index in [1.54, 1.807) is 57.9 Å². The zero-order valence-corrected chi connectivity index (χ0v) is 15.9. The van der Waals surface area contributed by atoms with Gasteiger partial charge in [0.15, 0.2) is 0 Å². The van der Waals surface area contributed by atoms with Crippen molar-refractivity contribution in [2.24, 2.45) is 0 Å². The Bertz CT molecular complexity index is 975. The van der Waals surface area contributed by atoms with E-state index in [1.807, 2.05) is 24.3 Å². The highest BCUT2D eigenvalue weighted by Crippen LogP contribution is 2.31. The van der Waals surface area contributed by atoms with E-state index in [0.717, 1.165) is 0 Å². The van der Waals surface area contributed by atoms with Crippen molar-refractivity contribution in [3.8, 4) is 17.2 Å². The summed E-state index contributed by atoms with van der Waals surface area (Å²) in [5.74, 6) is 2.22. The summed E-state index contributed by atoms with van der Waals surface area (Å²) in [6.07, 6.45) is 1.57. The van der Waals surface area contributed by atoms with E-state index in [9.17, 15) is 4.79 Å². The molecule has 1 aromatic heterocycles. The standard InChI is InChI=1S/C21H21N3O4/c1-26-16-6-4-5-15(12-16)23-21(25)14-9-10-22-20(11-14)24-18-8-7-17(27-2)13-19(18)28-3/h4-13H,1-3H3,(H,22,24)(H,23,25). The number of hydrogen-bond donors (Lipinski definition) is 2. The molecule has 3 aromatic rings. The summed E-state index contributed by atoms with van der Waals surface area (Å²) in [4.78, 5) is 16.8. The van der Waals surface area contributed by atoms with E-state index in [2.05, 4.69) is 15.6 Å². The smallest absolute Gasteiger partial charge is 0.255 e. The molecule has 7 nitrogen and oxygen atoms in total. The molecule has 2 N–H and O–H groups in total. The minimum atomic E-state index is -0.250. The number of pyridine rings is 1. The number of hydrogen-bond acceptors (Lipinski definition) is 6.